The van der Waals surface area contributed by atoms with E-state index in [0.717, 1.165) is 22.6 Å². The lowest BCUT2D eigenvalue weighted by molar-refractivity contribution is -0.139. The van der Waals surface area contributed by atoms with Gasteiger partial charge in [-0.3, -0.25) is 19.2 Å². The van der Waals surface area contributed by atoms with Crippen LogP contribution in [0.5, 0.6) is 5.75 Å². The summed E-state index contributed by atoms with van der Waals surface area (Å²) >= 11 is 0. The monoisotopic (exact) mass is 454 g/mol. The molecule has 7 nitrogen and oxygen atoms in total. The van der Waals surface area contributed by atoms with E-state index < -0.39 is 11.9 Å². The van der Waals surface area contributed by atoms with Gasteiger partial charge in [0.25, 0.3) is 11.8 Å². The number of rotatable bonds is 5. The molecule has 0 aromatic heterocycles. The van der Waals surface area contributed by atoms with Crippen molar-refractivity contribution in [2.45, 2.75) is 19.8 Å². The first-order valence-electron chi connectivity index (χ1n) is 11.2. The fourth-order valence-electron chi connectivity index (χ4n) is 4.46. The van der Waals surface area contributed by atoms with Crippen LogP contribution in [0.25, 0.3) is 0 Å². The molecule has 0 radical (unpaired) electrons. The van der Waals surface area contributed by atoms with Crippen molar-refractivity contribution in [3.8, 4) is 5.75 Å². The predicted octanol–water partition coefficient (Wildman–Crippen LogP) is 4.01. The molecule has 1 saturated heterocycles. The second-order valence-electron chi connectivity index (χ2n) is 8.29. The summed E-state index contributed by atoms with van der Waals surface area (Å²) in [6.07, 6.45) is 0.874. The quantitative estimate of drug-likeness (QED) is 0.330. The van der Waals surface area contributed by atoms with Crippen LogP contribution < -0.4 is 14.5 Å². The van der Waals surface area contributed by atoms with Gasteiger partial charge in [-0.1, -0.05) is 37.3 Å². The Morgan fingerprint density at radius 2 is 1.50 bits per heavy atom. The van der Waals surface area contributed by atoms with Gasteiger partial charge in [0, 0.05) is 18.7 Å². The van der Waals surface area contributed by atoms with Gasteiger partial charge in [0.2, 0.25) is 5.91 Å². The molecule has 2 aliphatic rings. The standard InChI is InChI=1S/C27H22N2O5/c1-2-17-7-3-6-10-23(17)28-16-18(15-24(28)30)27(33)34-20-13-11-19(12-14-20)29-25(31)21-8-4-5-9-22(21)26(29)32/h3-14,18H,2,15-16H2,1H3/t18-/m0/s1. The molecule has 2 heterocycles. The molecule has 5 rings (SSSR count). The lowest BCUT2D eigenvalue weighted by Crippen LogP contribution is -2.29. The summed E-state index contributed by atoms with van der Waals surface area (Å²) in [5.41, 5.74) is 3.00. The zero-order valence-electron chi connectivity index (χ0n) is 18.6. The number of amides is 3. The lowest BCUT2D eigenvalue weighted by Gasteiger charge is -2.19. The molecule has 1 fully saturated rings. The molecule has 0 aliphatic carbocycles. The molecule has 3 aromatic rings. The van der Waals surface area contributed by atoms with Crippen molar-refractivity contribution in [2.75, 3.05) is 16.3 Å². The van der Waals surface area contributed by atoms with Gasteiger partial charge in [0.1, 0.15) is 5.75 Å². The molecule has 34 heavy (non-hydrogen) atoms. The molecule has 0 unspecified atom stereocenters. The third-order valence-corrected chi connectivity index (χ3v) is 6.23. The number of esters is 1. The van der Waals surface area contributed by atoms with Gasteiger partial charge in [-0.15, -0.1) is 0 Å². The fraction of sp³-hybridized carbons (Fsp3) is 0.185. The molecule has 7 heteroatoms. The number of hydrogen-bond acceptors (Lipinski definition) is 5. The maximum atomic E-state index is 12.8. The minimum absolute atomic E-state index is 0.0873. The molecular formula is C27H22N2O5. The third kappa shape index (κ3) is 3.65. The van der Waals surface area contributed by atoms with E-state index in [2.05, 4.69) is 0 Å². The summed E-state index contributed by atoms with van der Waals surface area (Å²) < 4.78 is 5.51. The van der Waals surface area contributed by atoms with E-state index >= 15 is 0 Å². The summed E-state index contributed by atoms with van der Waals surface area (Å²) in [5, 5.41) is 0. The van der Waals surface area contributed by atoms with Crippen LogP contribution in [0, 0.1) is 5.92 Å². The van der Waals surface area contributed by atoms with Crippen LogP contribution in [0.4, 0.5) is 11.4 Å². The largest absolute Gasteiger partial charge is 0.426 e. The molecule has 2 aliphatic heterocycles. The molecule has 0 spiro atoms. The van der Waals surface area contributed by atoms with E-state index in [-0.39, 0.29) is 36.4 Å². The zero-order valence-corrected chi connectivity index (χ0v) is 18.6. The Labute approximate surface area is 196 Å². The Kier molecular flexibility index (Phi) is 5.45. The van der Waals surface area contributed by atoms with Gasteiger partial charge in [-0.05, 0) is 54.4 Å². The number of benzene rings is 3. The molecule has 0 saturated carbocycles. The first-order chi connectivity index (χ1) is 16.5. The van der Waals surface area contributed by atoms with Crippen molar-refractivity contribution in [2.24, 2.45) is 5.92 Å². The van der Waals surface area contributed by atoms with Crippen molar-refractivity contribution in [3.05, 3.63) is 89.5 Å². The van der Waals surface area contributed by atoms with Gasteiger partial charge in [0.05, 0.1) is 22.7 Å². The molecule has 3 amide bonds. The minimum Gasteiger partial charge on any atom is -0.426 e. The Morgan fingerprint density at radius 3 is 2.15 bits per heavy atom. The molecule has 170 valence electrons. The Morgan fingerprint density at radius 1 is 0.882 bits per heavy atom. The van der Waals surface area contributed by atoms with Gasteiger partial charge in [-0.25, -0.2) is 4.90 Å². The summed E-state index contributed by atoms with van der Waals surface area (Å²) in [5.74, 6) is -1.66. The second-order valence-corrected chi connectivity index (χ2v) is 8.29. The van der Waals surface area contributed by atoms with Crippen LogP contribution >= 0.6 is 0 Å². The Bertz CT molecular complexity index is 1280. The van der Waals surface area contributed by atoms with E-state index in [0.29, 0.717) is 16.8 Å². The van der Waals surface area contributed by atoms with Crippen LogP contribution in [0.1, 0.15) is 39.6 Å². The Balaban J connectivity index is 1.27. The van der Waals surface area contributed by atoms with Crippen LogP contribution in [0.2, 0.25) is 0 Å². The smallest absolute Gasteiger partial charge is 0.316 e. The van der Waals surface area contributed by atoms with Crippen molar-refractivity contribution in [1.82, 2.24) is 0 Å². The van der Waals surface area contributed by atoms with E-state index in [9.17, 15) is 19.2 Å². The zero-order chi connectivity index (χ0) is 23.8. The van der Waals surface area contributed by atoms with Crippen LogP contribution in [-0.2, 0) is 16.0 Å². The van der Waals surface area contributed by atoms with Crippen molar-refractivity contribution >= 4 is 35.1 Å². The van der Waals surface area contributed by atoms with E-state index in [1.54, 1.807) is 41.3 Å². The predicted molar refractivity (Wildman–Crippen MR) is 126 cm³/mol. The van der Waals surface area contributed by atoms with Gasteiger partial charge in [-0.2, -0.15) is 0 Å². The van der Waals surface area contributed by atoms with E-state index in [1.807, 2.05) is 31.2 Å². The third-order valence-electron chi connectivity index (χ3n) is 6.23. The second kappa shape index (κ2) is 8.59. The van der Waals surface area contributed by atoms with Crippen LogP contribution in [0.3, 0.4) is 0 Å². The molecule has 0 bridgehead atoms. The van der Waals surface area contributed by atoms with Crippen LogP contribution in [0.15, 0.2) is 72.8 Å². The first-order valence-corrected chi connectivity index (χ1v) is 11.2. The van der Waals surface area contributed by atoms with Gasteiger partial charge >= 0.3 is 5.97 Å². The molecular weight excluding hydrogens is 432 g/mol. The molecule has 3 aromatic carbocycles. The van der Waals surface area contributed by atoms with Crippen LogP contribution in [-0.4, -0.2) is 30.2 Å². The summed E-state index contributed by atoms with van der Waals surface area (Å²) in [6, 6.07) is 20.6. The highest BCUT2D eigenvalue weighted by Gasteiger charge is 2.38. The number of anilines is 2. The number of carbonyl (C=O) groups excluding carboxylic acids is 4. The fourth-order valence-corrected chi connectivity index (χ4v) is 4.46. The van der Waals surface area contributed by atoms with E-state index in [1.165, 1.54) is 12.1 Å². The number of ether oxygens (including phenoxy) is 1. The Hall–Kier alpha value is -4.26. The number of para-hydroxylation sites is 1. The topological polar surface area (TPSA) is 84.0 Å². The molecule has 1 atom stereocenters. The number of fused-ring (bicyclic) bond motifs is 1. The maximum Gasteiger partial charge on any atom is 0.316 e. The number of aryl methyl sites for hydroxylation is 1. The normalized spacial score (nSPS) is 17.3. The summed E-state index contributed by atoms with van der Waals surface area (Å²) in [6.45, 7) is 2.29. The van der Waals surface area contributed by atoms with Gasteiger partial charge < -0.3 is 9.64 Å². The van der Waals surface area contributed by atoms with Crippen molar-refractivity contribution in [1.29, 1.82) is 0 Å². The number of imide groups is 1. The first kappa shape index (κ1) is 21.6. The van der Waals surface area contributed by atoms with Crippen molar-refractivity contribution in [3.63, 3.8) is 0 Å². The number of hydrogen-bond donors (Lipinski definition) is 0. The minimum atomic E-state index is -0.576. The average molecular weight is 454 g/mol. The highest BCUT2D eigenvalue weighted by Crippen LogP contribution is 2.31. The number of nitrogens with zero attached hydrogens (tertiary/aromatic N) is 2. The SMILES string of the molecule is CCc1ccccc1N1C[C@@H](C(=O)Oc2ccc(N3C(=O)c4ccccc4C3=O)cc2)CC1=O. The van der Waals surface area contributed by atoms with Gasteiger partial charge in [0.15, 0.2) is 0 Å². The summed E-state index contributed by atoms with van der Waals surface area (Å²) in [4.78, 5) is 53.4. The summed E-state index contributed by atoms with van der Waals surface area (Å²) in [7, 11) is 0. The molecule has 0 N–H and O–H groups in total. The van der Waals surface area contributed by atoms with Crippen molar-refractivity contribution < 1.29 is 23.9 Å². The maximum absolute atomic E-state index is 12.8. The lowest BCUT2D eigenvalue weighted by atomic mass is 10.1. The number of carbonyl (C=O) groups is 4. The average Bonchev–Trinajstić information content (AvgIpc) is 3.37. The highest BCUT2D eigenvalue weighted by atomic mass is 16.5. The van der Waals surface area contributed by atoms with E-state index in [4.69, 9.17) is 4.74 Å². The highest BCUT2D eigenvalue weighted by molar-refractivity contribution is 6.34.